The summed E-state index contributed by atoms with van der Waals surface area (Å²) in [4.78, 5) is 0. The summed E-state index contributed by atoms with van der Waals surface area (Å²) in [5.74, 6) is 1.41. The fourth-order valence-electron chi connectivity index (χ4n) is 1.13. The average molecular weight is 190 g/mol. The van der Waals surface area contributed by atoms with E-state index in [-0.39, 0.29) is 0 Å². The van der Waals surface area contributed by atoms with E-state index in [1.165, 1.54) is 0 Å². The summed E-state index contributed by atoms with van der Waals surface area (Å²) in [6.45, 7) is 0.444. The molecule has 0 saturated carbocycles. The molecule has 1 aromatic carbocycles. The zero-order valence-electron chi connectivity index (χ0n) is 7.77. The summed E-state index contributed by atoms with van der Waals surface area (Å²) < 4.78 is 5.05. The van der Waals surface area contributed by atoms with E-state index < -0.39 is 0 Å². The maximum Gasteiger partial charge on any atom is 0.200 e. The second-order valence-electron chi connectivity index (χ2n) is 2.72. The molecule has 14 heavy (non-hydrogen) atoms. The molecule has 2 rings (SSSR count). The molecule has 0 saturated heterocycles. The largest absolute Gasteiger partial charge is 0.497 e. The van der Waals surface area contributed by atoms with Crippen molar-refractivity contribution < 1.29 is 4.74 Å². The Hall–Kier alpha value is -1.91. The van der Waals surface area contributed by atoms with Crippen molar-refractivity contribution in [2.75, 3.05) is 13.8 Å². The van der Waals surface area contributed by atoms with E-state index in [9.17, 15) is 0 Å². The number of azo groups is 1. The molecule has 1 heterocycles. The first-order chi connectivity index (χ1) is 6.90. The maximum atomic E-state index is 5.05. The predicted molar refractivity (Wildman–Crippen MR) is 52.4 cm³/mol. The number of nitrogens with one attached hydrogen (secondary N) is 1. The molecule has 0 unspecified atom stereocenters. The van der Waals surface area contributed by atoms with Crippen LogP contribution in [0.1, 0.15) is 5.56 Å². The van der Waals surface area contributed by atoms with E-state index in [0.29, 0.717) is 12.5 Å². The third-order valence-corrected chi connectivity index (χ3v) is 1.84. The minimum absolute atomic E-state index is 0.444. The van der Waals surface area contributed by atoms with Gasteiger partial charge >= 0.3 is 0 Å². The molecule has 1 aromatic rings. The fraction of sp³-hybridized carbons (Fsp3) is 0.222. The first-order valence-corrected chi connectivity index (χ1v) is 4.22. The second kappa shape index (κ2) is 3.87. The normalized spacial score (nSPS) is 14.5. The summed E-state index contributed by atoms with van der Waals surface area (Å²) in [6.07, 6.45) is 0. The molecule has 1 aliphatic heterocycles. The lowest BCUT2D eigenvalue weighted by molar-refractivity contribution is 0.415. The van der Waals surface area contributed by atoms with Gasteiger partial charge in [0.2, 0.25) is 0 Å². The van der Waals surface area contributed by atoms with Crippen LogP contribution in [0.25, 0.3) is 0 Å². The lowest BCUT2D eigenvalue weighted by Gasteiger charge is -2.06. The minimum atomic E-state index is 0.444. The van der Waals surface area contributed by atoms with E-state index in [0.717, 1.165) is 11.3 Å². The fourth-order valence-corrected chi connectivity index (χ4v) is 1.13. The van der Waals surface area contributed by atoms with Crippen molar-refractivity contribution in [2.45, 2.75) is 0 Å². The van der Waals surface area contributed by atoms with Gasteiger partial charge in [0.25, 0.3) is 0 Å². The molecule has 0 fully saturated rings. The predicted octanol–water partition coefficient (Wildman–Crippen LogP) is 1.37. The van der Waals surface area contributed by atoms with Crippen LogP contribution < -0.4 is 10.2 Å². The van der Waals surface area contributed by atoms with Gasteiger partial charge < -0.3 is 4.74 Å². The van der Waals surface area contributed by atoms with Crippen molar-refractivity contribution in [3.63, 3.8) is 0 Å². The number of benzene rings is 1. The Kier molecular flexibility index (Phi) is 2.40. The standard InChI is InChI=1S/C9H10N4O/c1-14-8-4-2-7(3-5-8)9-12-10-6-11-13-9/h2-5,10H,6H2,1H3. The number of amidine groups is 1. The van der Waals surface area contributed by atoms with E-state index in [1.54, 1.807) is 7.11 Å². The lowest BCUT2D eigenvalue weighted by atomic mass is 10.2. The molecule has 5 heteroatoms. The molecule has 0 aromatic heterocycles. The van der Waals surface area contributed by atoms with Crippen molar-refractivity contribution >= 4 is 5.84 Å². The van der Waals surface area contributed by atoms with Gasteiger partial charge in [0.15, 0.2) is 5.84 Å². The Balaban J connectivity index is 2.24. The molecule has 72 valence electrons. The Morgan fingerprint density at radius 2 is 2.07 bits per heavy atom. The van der Waals surface area contributed by atoms with Crippen molar-refractivity contribution in [3.8, 4) is 5.75 Å². The lowest BCUT2D eigenvalue weighted by Crippen LogP contribution is -2.14. The molecule has 0 bridgehead atoms. The maximum absolute atomic E-state index is 5.05. The molecular formula is C9H10N4O. The molecule has 5 nitrogen and oxygen atoms in total. The van der Waals surface area contributed by atoms with Crippen molar-refractivity contribution in [1.29, 1.82) is 0 Å². The number of rotatable bonds is 2. The van der Waals surface area contributed by atoms with E-state index >= 15 is 0 Å². The highest BCUT2D eigenvalue weighted by Crippen LogP contribution is 2.13. The number of methoxy groups -OCH3 is 1. The highest BCUT2D eigenvalue weighted by molar-refractivity contribution is 5.99. The van der Waals surface area contributed by atoms with Crippen LogP contribution in [-0.4, -0.2) is 19.6 Å². The average Bonchev–Trinajstić information content (AvgIpc) is 2.30. The summed E-state index contributed by atoms with van der Waals surface area (Å²) in [5.41, 5.74) is 3.68. The van der Waals surface area contributed by atoms with Gasteiger partial charge in [-0.3, -0.25) is 5.43 Å². The van der Waals surface area contributed by atoms with Crippen LogP contribution in [0.4, 0.5) is 0 Å². The molecule has 0 spiro atoms. The smallest absolute Gasteiger partial charge is 0.200 e. The number of ether oxygens (including phenoxy) is 1. The van der Waals surface area contributed by atoms with Crippen molar-refractivity contribution in [3.05, 3.63) is 29.8 Å². The Bertz CT molecular complexity index is 369. The molecule has 1 aliphatic rings. The molecule has 0 amide bonds. The Morgan fingerprint density at radius 3 is 2.64 bits per heavy atom. The molecular weight excluding hydrogens is 180 g/mol. The summed E-state index contributed by atoms with van der Waals surface area (Å²) in [6, 6.07) is 7.51. The topological polar surface area (TPSA) is 58.3 Å². The van der Waals surface area contributed by atoms with Crippen LogP contribution in [0.5, 0.6) is 5.75 Å². The van der Waals surface area contributed by atoms with E-state index in [1.807, 2.05) is 24.3 Å². The minimum Gasteiger partial charge on any atom is -0.497 e. The molecule has 0 atom stereocenters. The number of hydrogen-bond acceptors (Lipinski definition) is 5. The van der Waals surface area contributed by atoms with Gasteiger partial charge in [0.05, 0.1) is 7.11 Å². The van der Waals surface area contributed by atoms with Crippen LogP contribution in [-0.2, 0) is 0 Å². The van der Waals surface area contributed by atoms with Gasteiger partial charge in [-0.1, -0.05) is 0 Å². The SMILES string of the molecule is COc1ccc(C2=NNCN=N2)cc1. The third-order valence-electron chi connectivity index (χ3n) is 1.84. The Morgan fingerprint density at radius 1 is 1.29 bits per heavy atom. The van der Waals surface area contributed by atoms with Crippen molar-refractivity contribution in [2.24, 2.45) is 15.3 Å². The highest BCUT2D eigenvalue weighted by atomic mass is 16.5. The quantitative estimate of drug-likeness (QED) is 0.765. The molecule has 0 radical (unpaired) electrons. The molecule has 0 aliphatic carbocycles. The van der Waals surface area contributed by atoms with Crippen LogP contribution in [0.2, 0.25) is 0 Å². The van der Waals surface area contributed by atoms with Crippen LogP contribution in [0, 0.1) is 0 Å². The monoisotopic (exact) mass is 190 g/mol. The van der Waals surface area contributed by atoms with Gasteiger partial charge in [0, 0.05) is 5.56 Å². The van der Waals surface area contributed by atoms with Crippen LogP contribution in [0.15, 0.2) is 39.6 Å². The van der Waals surface area contributed by atoms with Gasteiger partial charge in [0.1, 0.15) is 12.4 Å². The summed E-state index contributed by atoms with van der Waals surface area (Å²) in [5, 5.41) is 11.8. The summed E-state index contributed by atoms with van der Waals surface area (Å²) >= 11 is 0. The number of hydrazone groups is 1. The zero-order valence-corrected chi connectivity index (χ0v) is 7.77. The zero-order chi connectivity index (χ0) is 9.80. The van der Waals surface area contributed by atoms with Gasteiger partial charge in [-0.2, -0.15) is 10.2 Å². The first kappa shape index (κ1) is 8.68. The third kappa shape index (κ3) is 1.71. The number of hydrogen-bond donors (Lipinski definition) is 1. The van der Waals surface area contributed by atoms with Gasteiger partial charge in [-0.25, -0.2) is 0 Å². The first-order valence-electron chi connectivity index (χ1n) is 4.22. The second-order valence-corrected chi connectivity index (χ2v) is 2.72. The van der Waals surface area contributed by atoms with E-state index in [2.05, 4.69) is 20.8 Å². The Labute approximate surface area is 81.5 Å². The van der Waals surface area contributed by atoms with Crippen molar-refractivity contribution in [1.82, 2.24) is 5.43 Å². The van der Waals surface area contributed by atoms with Crippen LogP contribution in [0.3, 0.4) is 0 Å². The number of nitrogens with zero attached hydrogens (tertiary/aromatic N) is 3. The molecule has 1 N–H and O–H groups in total. The van der Waals surface area contributed by atoms with E-state index in [4.69, 9.17) is 4.74 Å². The van der Waals surface area contributed by atoms with Gasteiger partial charge in [-0.15, -0.1) is 5.11 Å². The highest BCUT2D eigenvalue weighted by Gasteiger charge is 2.04. The van der Waals surface area contributed by atoms with Gasteiger partial charge in [-0.05, 0) is 24.3 Å². The van der Waals surface area contributed by atoms with Crippen LogP contribution >= 0.6 is 0 Å². The summed E-state index contributed by atoms with van der Waals surface area (Å²) in [7, 11) is 1.63.